The van der Waals surface area contributed by atoms with E-state index < -0.39 is 0 Å². The Kier molecular flexibility index (Phi) is 1.84. The van der Waals surface area contributed by atoms with E-state index in [0.29, 0.717) is 5.00 Å². The molecule has 4 heteroatoms. The molecule has 0 amide bonds. The first kappa shape index (κ1) is 7.73. The molecule has 3 nitrogen and oxygen atoms in total. The van der Waals surface area contributed by atoms with Gasteiger partial charge in [-0.05, 0) is 31.2 Å². The average molecular weight is 183 g/mol. The van der Waals surface area contributed by atoms with Gasteiger partial charge in [0.2, 0.25) is 0 Å². The summed E-state index contributed by atoms with van der Waals surface area (Å²) < 4.78 is 0. The molecule has 1 aliphatic rings. The van der Waals surface area contributed by atoms with E-state index >= 15 is 0 Å². The van der Waals surface area contributed by atoms with Gasteiger partial charge in [-0.3, -0.25) is 10.1 Å². The average Bonchev–Trinajstić information content (AvgIpc) is 2.46. The van der Waals surface area contributed by atoms with Crippen molar-refractivity contribution in [2.75, 3.05) is 0 Å². The van der Waals surface area contributed by atoms with Crippen molar-refractivity contribution in [3.8, 4) is 0 Å². The van der Waals surface area contributed by atoms with E-state index in [2.05, 4.69) is 0 Å². The predicted octanol–water partition coefficient (Wildman–Crippen LogP) is 2.54. The Balaban J connectivity index is 2.38. The van der Waals surface area contributed by atoms with Gasteiger partial charge in [-0.25, -0.2) is 0 Å². The topological polar surface area (TPSA) is 43.1 Å². The van der Waals surface area contributed by atoms with Crippen LogP contribution in [-0.2, 0) is 12.8 Å². The Labute approximate surface area is 74.2 Å². The van der Waals surface area contributed by atoms with Gasteiger partial charge in [-0.2, -0.15) is 0 Å². The molecule has 1 aliphatic carbocycles. The molecule has 1 aromatic heterocycles. The molecular formula is C8H9NO2S. The van der Waals surface area contributed by atoms with E-state index in [0.717, 1.165) is 12.8 Å². The summed E-state index contributed by atoms with van der Waals surface area (Å²) >= 11 is 1.34. The van der Waals surface area contributed by atoms with Crippen LogP contribution in [0.5, 0.6) is 0 Å². The van der Waals surface area contributed by atoms with Gasteiger partial charge in [0.05, 0.1) is 4.92 Å². The molecule has 1 heterocycles. The van der Waals surface area contributed by atoms with E-state index in [-0.39, 0.29) is 4.92 Å². The lowest BCUT2D eigenvalue weighted by Gasteiger charge is -2.07. The first-order valence-corrected chi connectivity index (χ1v) is 4.85. The number of aryl methyl sites for hydroxylation is 2. The molecule has 0 aromatic carbocycles. The van der Waals surface area contributed by atoms with Gasteiger partial charge in [0.25, 0.3) is 0 Å². The van der Waals surface area contributed by atoms with E-state index in [1.165, 1.54) is 34.6 Å². The van der Waals surface area contributed by atoms with Gasteiger partial charge in [0.15, 0.2) is 0 Å². The van der Waals surface area contributed by atoms with Crippen LogP contribution in [0.4, 0.5) is 5.00 Å². The molecule has 0 unspecified atom stereocenters. The normalized spacial score (nSPS) is 15.7. The fourth-order valence-electron chi connectivity index (χ4n) is 1.56. The molecule has 0 spiro atoms. The standard InChI is InChI=1S/C8H9NO2S/c10-9(11)8-5-6-3-1-2-4-7(6)12-8/h5H,1-4H2. The zero-order valence-electron chi connectivity index (χ0n) is 6.58. The van der Waals surface area contributed by atoms with E-state index in [1.54, 1.807) is 6.07 Å². The summed E-state index contributed by atoms with van der Waals surface area (Å²) in [6.07, 6.45) is 4.43. The molecule has 0 bridgehead atoms. The second kappa shape index (κ2) is 2.86. The van der Waals surface area contributed by atoms with Crippen molar-refractivity contribution in [2.24, 2.45) is 0 Å². The van der Waals surface area contributed by atoms with Gasteiger partial charge < -0.3 is 0 Å². The molecule has 0 aliphatic heterocycles. The molecule has 0 N–H and O–H groups in total. The molecule has 0 radical (unpaired) electrons. The predicted molar refractivity (Wildman–Crippen MR) is 47.6 cm³/mol. The van der Waals surface area contributed by atoms with Crippen molar-refractivity contribution in [1.82, 2.24) is 0 Å². The second-order valence-electron chi connectivity index (χ2n) is 3.00. The summed E-state index contributed by atoms with van der Waals surface area (Å²) in [4.78, 5) is 11.4. The maximum Gasteiger partial charge on any atom is 0.324 e. The fraction of sp³-hybridized carbons (Fsp3) is 0.500. The van der Waals surface area contributed by atoms with E-state index in [4.69, 9.17) is 0 Å². The lowest BCUT2D eigenvalue weighted by atomic mass is 10.00. The summed E-state index contributed by atoms with van der Waals surface area (Å²) in [5, 5.41) is 10.7. The molecule has 64 valence electrons. The summed E-state index contributed by atoms with van der Waals surface area (Å²) in [5.74, 6) is 0. The molecule has 0 atom stereocenters. The molecular weight excluding hydrogens is 174 g/mol. The summed E-state index contributed by atoms with van der Waals surface area (Å²) in [6, 6.07) is 1.74. The molecule has 0 fully saturated rings. The quantitative estimate of drug-likeness (QED) is 0.496. The zero-order chi connectivity index (χ0) is 8.55. The highest BCUT2D eigenvalue weighted by Gasteiger charge is 2.18. The smallest absolute Gasteiger partial charge is 0.258 e. The summed E-state index contributed by atoms with van der Waals surface area (Å²) in [7, 11) is 0. The first-order valence-electron chi connectivity index (χ1n) is 4.03. The Morgan fingerprint density at radius 3 is 2.83 bits per heavy atom. The van der Waals surface area contributed by atoms with Crippen LogP contribution in [-0.4, -0.2) is 4.92 Å². The Morgan fingerprint density at radius 2 is 2.17 bits per heavy atom. The third kappa shape index (κ3) is 1.22. The van der Waals surface area contributed by atoms with Gasteiger partial charge in [-0.1, -0.05) is 11.3 Å². The Morgan fingerprint density at radius 1 is 1.42 bits per heavy atom. The minimum absolute atomic E-state index is 0.289. The lowest BCUT2D eigenvalue weighted by molar-refractivity contribution is -0.380. The summed E-state index contributed by atoms with van der Waals surface area (Å²) in [6.45, 7) is 0. The van der Waals surface area contributed by atoms with Crippen LogP contribution in [0, 0.1) is 10.1 Å². The maximum atomic E-state index is 10.4. The maximum absolute atomic E-state index is 10.4. The van der Waals surface area contributed by atoms with Crippen LogP contribution in [0.15, 0.2) is 6.07 Å². The van der Waals surface area contributed by atoms with Crippen LogP contribution < -0.4 is 0 Å². The van der Waals surface area contributed by atoms with Crippen molar-refractivity contribution < 1.29 is 4.92 Å². The third-order valence-electron chi connectivity index (χ3n) is 2.16. The highest BCUT2D eigenvalue weighted by Crippen LogP contribution is 2.33. The number of nitro groups is 1. The first-order chi connectivity index (χ1) is 5.77. The second-order valence-corrected chi connectivity index (χ2v) is 4.11. The highest BCUT2D eigenvalue weighted by molar-refractivity contribution is 7.15. The largest absolute Gasteiger partial charge is 0.324 e. The van der Waals surface area contributed by atoms with Gasteiger partial charge >= 0.3 is 5.00 Å². The SMILES string of the molecule is O=[N+]([O-])c1cc2c(s1)CCCC2. The minimum Gasteiger partial charge on any atom is -0.258 e. The van der Waals surface area contributed by atoms with Crippen LogP contribution in [0.3, 0.4) is 0 Å². The van der Waals surface area contributed by atoms with Crippen molar-refractivity contribution in [1.29, 1.82) is 0 Å². The van der Waals surface area contributed by atoms with Crippen molar-refractivity contribution in [2.45, 2.75) is 25.7 Å². The monoisotopic (exact) mass is 183 g/mol. The molecule has 0 saturated carbocycles. The Hall–Kier alpha value is -0.900. The molecule has 2 rings (SSSR count). The number of thiophene rings is 1. The van der Waals surface area contributed by atoms with Crippen molar-refractivity contribution in [3.05, 3.63) is 26.6 Å². The van der Waals surface area contributed by atoms with Crippen molar-refractivity contribution >= 4 is 16.3 Å². The van der Waals surface area contributed by atoms with Gasteiger partial charge in [0.1, 0.15) is 0 Å². The van der Waals surface area contributed by atoms with Gasteiger partial charge in [0, 0.05) is 10.9 Å². The number of nitrogens with zero attached hydrogens (tertiary/aromatic N) is 1. The Bertz CT molecular complexity index is 295. The third-order valence-corrected chi connectivity index (χ3v) is 3.35. The van der Waals surface area contributed by atoms with Crippen LogP contribution in [0.25, 0.3) is 0 Å². The van der Waals surface area contributed by atoms with Crippen molar-refractivity contribution in [3.63, 3.8) is 0 Å². The highest BCUT2D eigenvalue weighted by atomic mass is 32.1. The molecule has 1 aromatic rings. The van der Waals surface area contributed by atoms with Crippen LogP contribution in [0.1, 0.15) is 23.3 Å². The van der Waals surface area contributed by atoms with E-state index in [9.17, 15) is 10.1 Å². The fourth-order valence-corrected chi connectivity index (χ4v) is 2.63. The lowest BCUT2D eigenvalue weighted by Crippen LogP contribution is -1.96. The summed E-state index contributed by atoms with van der Waals surface area (Å²) in [5.41, 5.74) is 1.21. The number of fused-ring (bicyclic) bond motifs is 1. The number of hydrogen-bond acceptors (Lipinski definition) is 3. The minimum atomic E-state index is -0.289. The van der Waals surface area contributed by atoms with Gasteiger partial charge in [-0.15, -0.1) is 0 Å². The number of hydrogen-bond donors (Lipinski definition) is 0. The number of rotatable bonds is 1. The zero-order valence-corrected chi connectivity index (χ0v) is 7.39. The van der Waals surface area contributed by atoms with Crippen LogP contribution >= 0.6 is 11.3 Å². The molecule has 0 saturated heterocycles. The van der Waals surface area contributed by atoms with Crippen LogP contribution in [0.2, 0.25) is 0 Å². The van der Waals surface area contributed by atoms with E-state index in [1.807, 2.05) is 0 Å². The molecule has 12 heavy (non-hydrogen) atoms.